The lowest BCUT2D eigenvalue weighted by Crippen LogP contribution is -2.43. The van der Waals surface area contributed by atoms with Crippen molar-refractivity contribution in [1.82, 2.24) is 10.6 Å². The maximum Gasteiger partial charge on any atom is 0.416 e. The minimum Gasteiger partial charge on any atom is -0.349 e. The summed E-state index contributed by atoms with van der Waals surface area (Å²) in [5, 5.41) is 5.87. The molecule has 2 fully saturated rings. The lowest BCUT2D eigenvalue weighted by atomic mass is 9.76. The van der Waals surface area contributed by atoms with E-state index in [1.54, 1.807) is 0 Å². The smallest absolute Gasteiger partial charge is 0.349 e. The van der Waals surface area contributed by atoms with Gasteiger partial charge in [-0.25, -0.2) is 0 Å². The topological polar surface area (TPSA) is 58.2 Å². The molecule has 312 valence electrons. The Kier molecular flexibility index (Phi) is 15.8. The van der Waals surface area contributed by atoms with Gasteiger partial charge in [-0.05, 0) is 135 Å². The summed E-state index contributed by atoms with van der Waals surface area (Å²) >= 11 is 12.0. The van der Waals surface area contributed by atoms with Crippen molar-refractivity contribution in [3.8, 4) is 0 Å². The van der Waals surface area contributed by atoms with Gasteiger partial charge in [0.2, 0.25) is 0 Å². The fraction of sp³-hybridized carbons (Fsp3) is 0.435. The lowest BCUT2D eigenvalue weighted by molar-refractivity contribution is -0.138. The molecule has 2 N–H and O–H groups in total. The number of rotatable bonds is 10. The number of hydrogen-bond donors (Lipinski definition) is 2. The third-order valence-corrected chi connectivity index (χ3v) is 12.3. The highest BCUT2D eigenvalue weighted by Gasteiger charge is 2.35. The molecular formula is C46H50Cl2F6N2O2. The summed E-state index contributed by atoms with van der Waals surface area (Å²) < 4.78 is 77.7. The SMILES string of the molecule is C[C@@H]1CC(CCc2ccccc2)CCC1NC(=O)c1cc(C(F)(F)F)ccc1Cl.C[C@H]1CC(CCc2ccccc2)CCC1NC(=O)c1cc(C(F)(F)F)ccc1Cl. The summed E-state index contributed by atoms with van der Waals surface area (Å²) in [5.41, 5.74) is 0.666. The molecule has 58 heavy (non-hydrogen) atoms. The first kappa shape index (κ1) is 45.1. The molecule has 0 bridgehead atoms. The molecule has 0 radical (unpaired) electrons. The predicted molar refractivity (Wildman–Crippen MR) is 218 cm³/mol. The Morgan fingerprint density at radius 1 is 0.569 bits per heavy atom. The standard InChI is InChI=1S/2C23H25ClF3NO/c2*1-15-13-17(8-7-16-5-3-2-4-6-16)9-12-21(15)28-22(29)19-14-18(23(25,26)27)10-11-20(19)24/h2*2-6,10-11,14-15,17,21H,7-9,12-13H2,1H3,(H,28,29)/t2*15-,17?,21?/m10/s1. The molecule has 2 saturated carbocycles. The van der Waals surface area contributed by atoms with E-state index in [1.807, 2.05) is 36.4 Å². The minimum atomic E-state index is -4.51. The second-order valence-electron chi connectivity index (χ2n) is 15.9. The van der Waals surface area contributed by atoms with Crippen LogP contribution < -0.4 is 10.6 Å². The Labute approximate surface area is 347 Å². The molecular weight excluding hydrogens is 797 g/mol. The lowest BCUT2D eigenvalue weighted by Gasteiger charge is -2.35. The maximum absolute atomic E-state index is 12.9. The van der Waals surface area contributed by atoms with Gasteiger partial charge in [0.25, 0.3) is 11.8 Å². The molecule has 2 aliphatic carbocycles. The number of hydrogen-bond acceptors (Lipinski definition) is 2. The highest BCUT2D eigenvalue weighted by atomic mass is 35.5. The van der Waals surface area contributed by atoms with Crippen LogP contribution in [0.4, 0.5) is 26.3 Å². The highest BCUT2D eigenvalue weighted by molar-refractivity contribution is 6.34. The molecule has 0 spiro atoms. The average Bonchev–Trinajstić information content (AvgIpc) is 3.18. The largest absolute Gasteiger partial charge is 0.416 e. The molecule has 0 aromatic heterocycles. The summed E-state index contributed by atoms with van der Waals surface area (Å²) in [4.78, 5) is 25.2. The molecule has 4 unspecified atom stereocenters. The molecule has 2 aliphatic rings. The van der Waals surface area contributed by atoms with Gasteiger partial charge in [-0.3, -0.25) is 9.59 Å². The van der Waals surface area contributed by atoms with Gasteiger partial charge in [-0.2, -0.15) is 26.3 Å². The van der Waals surface area contributed by atoms with Crippen molar-refractivity contribution in [3.05, 3.63) is 140 Å². The zero-order valence-corrected chi connectivity index (χ0v) is 34.1. The van der Waals surface area contributed by atoms with Crippen molar-refractivity contribution in [2.45, 2.75) is 102 Å². The molecule has 0 saturated heterocycles. The van der Waals surface area contributed by atoms with Crippen LogP contribution in [0.1, 0.15) is 108 Å². The van der Waals surface area contributed by atoms with Gasteiger partial charge in [0, 0.05) is 12.1 Å². The fourth-order valence-electron chi connectivity index (χ4n) is 8.24. The third kappa shape index (κ3) is 13.0. The average molecular weight is 848 g/mol. The summed E-state index contributed by atoms with van der Waals surface area (Å²) in [5.74, 6) is 0.628. The van der Waals surface area contributed by atoms with E-state index in [-0.39, 0.29) is 45.1 Å². The monoisotopic (exact) mass is 846 g/mol. The summed E-state index contributed by atoms with van der Waals surface area (Å²) in [6, 6.07) is 26.3. The van der Waals surface area contributed by atoms with E-state index in [0.717, 1.165) is 101 Å². The first-order valence-corrected chi connectivity index (χ1v) is 20.7. The number of carbonyl (C=O) groups excluding carboxylic acids is 2. The van der Waals surface area contributed by atoms with Crippen LogP contribution in [0.3, 0.4) is 0 Å². The van der Waals surface area contributed by atoms with Crippen molar-refractivity contribution in [2.75, 3.05) is 0 Å². The van der Waals surface area contributed by atoms with Gasteiger partial charge in [-0.1, -0.05) is 97.7 Å². The number of nitrogens with one attached hydrogen (secondary N) is 2. The van der Waals surface area contributed by atoms with Gasteiger partial charge in [0.15, 0.2) is 0 Å². The quantitative estimate of drug-likeness (QED) is 0.156. The summed E-state index contributed by atoms with van der Waals surface area (Å²) in [6.07, 6.45) is 0.894. The fourth-order valence-corrected chi connectivity index (χ4v) is 8.65. The van der Waals surface area contributed by atoms with Crippen LogP contribution in [-0.4, -0.2) is 23.9 Å². The van der Waals surface area contributed by atoms with E-state index in [0.29, 0.717) is 11.8 Å². The zero-order chi connectivity index (χ0) is 42.0. The zero-order valence-electron chi connectivity index (χ0n) is 32.6. The Bertz CT molecular complexity index is 1820. The van der Waals surface area contributed by atoms with Crippen LogP contribution in [-0.2, 0) is 25.2 Å². The predicted octanol–water partition coefficient (Wildman–Crippen LogP) is 13.1. The van der Waals surface area contributed by atoms with Crippen LogP contribution in [0.25, 0.3) is 0 Å². The third-order valence-electron chi connectivity index (χ3n) is 11.6. The second-order valence-corrected chi connectivity index (χ2v) is 16.7. The van der Waals surface area contributed by atoms with E-state index in [1.165, 1.54) is 11.1 Å². The van der Waals surface area contributed by atoms with Gasteiger partial charge < -0.3 is 10.6 Å². The van der Waals surface area contributed by atoms with Crippen LogP contribution >= 0.6 is 23.2 Å². The Balaban J connectivity index is 0.000000221. The number of amides is 2. The van der Waals surface area contributed by atoms with Crippen LogP contribution in [0.5, 0.6) is 0 Å². The molecule has 4 aromatic carbocycles. The highest BCUT2D eigenvalue weighted by Crippen LogP contribution is 2.36. The van der Waals surface area contributed by atoms with Gasteiger partial charge in [0.05, 0.1) is 32.3 Å². The van der Waals surface area contributed by atoms with Crippen LogP contribution in [0, 0.1) is 23.7 Å². The number of carbonyl (C=O) groups is 2. The Morgan fingerprint density at radius 2 is 0.931 bits per heavy atom. The molecule has 4 nitrogen and oxygen atoms in total. The molecule has 12 heteroatoms. The molecule has 0 heterocycles. The van der Waals surface area contributed by atoms with Gasteiger partial charge in [-0.15, -0.1) is 0 Å². The normalized spacial score (nSPS) is 22.3. The first-order chi connectivity index (χ1) is 27.5. The van der Waals surface area contributed by atoms with E-state index < -0.39 is 35.3 Å². The van der Waals surface area contributed by atoms with Crippen molar-refractivity contribution in [1.29, 1.82) is 0 Å². The molecule has 2 amide bonds. The molecule has 6 atom stereocenters. The van der Waals surface area contributed by atoms with Crippen LogP contribution in [0.2, 0.25) is 10.0 Å². The second kappa shape index (κ2) is 20.3. The maximum atomic E-state index is 12.9. The van der Waals surface area contributed by atoms with E-state index in [4.69, 9.17) is 23.2 Å². The van der Waals surface area contributed by atoms with Crippen molar-refractivity contribution < 1.29 is 35.9 Å². The number of alkyl halides is 6. The number of halogens is 8. The number of benzene rings is 4. The van der Waals surface area contributed by atoms with Crippen molar-refractivity contribution in [2.24, 2.45) is 23.7 Å². The minimum absolute atomic E-state index is 0.0275. The van der Waals surface area contributed by atoms with Crippen LogP contribution in [0.15, 0.2) is 97.1 Å². The van der Waals surface area contributed by atoms with Gasteiger partial charge >= 0.3 is 12.4 Å². The van der Waals surface area contributed by atoms with Gasteiger partial charge in [0.1, 0.15) is 0 Å². The number of aryl methyl sites for hydroxylation is 2. The Hall–Kier alpha value is -4.02. The van der Waals surface area contributed by atoms with Crippen molar-refractivity contribution in [3.63, 3.8) is 0 Å². The van der Waals surface area contributed by atoms with E-state index in [9.17, 15) is 35.9 Å². The molecule has 0 aliphatic heterocycles. The molecule has 4 aromatic rings. The Morgan fingerprint density at radius 3 is 1.26 bits per heavy atom. The first-order valence-electron chi connectivity index (χ1n) is 19.9. The van der Waals surface area contributed by atoms with E-state index >= 15 is 0 Å². The van der Waals surface area contributed by atoms with E-state index in [2.05, 4.69) is 48.7 Å². The summed E-state index contributed by atoms with van der Waals surface area (Å²) in [6.45, 7) is 4.18. The molecule has 6 rings (SSSR count). The summed E-state index contributed by atoms with van der Waals surface area (Å²) in [7, 11) is 0. The van der Waals surface area contributed by atoms with Crippen molar-refractivity contribution >= 4 is 35.0 Å².